The van der Waals surface area contributed by atoms with Crippen LogP contribution in [0.5, 0.6) is 5.75 Å². The molecule has 1 aromatic rings. The molecule has 2 aliphatic rings. The Kier molecular flexibility index (Phi) is 5.02. The maximum absolute atomic E-state index is 10.9. The van der Waals surface area contributed by atoms with Crippen molar-refractivity contribution in [1.82, 2.24) is 0 Å². The van der Waals surface area contributed by atoms with Gasteiger partial charge < -0.3 is 14.7 Å². The first kappa shape index (κ1) is 17.1. The number of aryl methyl sites for hydroxylation is 1. The minimum atomic E-state index is -0.641. The molecule has 0 radical (unpaired) electrons. The summed E-state index contributed by atoms with van der Waals surface area (Å²) in [4.78, 5) is 13.4. The number of benzene rings is 1. The molecule has 3 rings (SSSR count). The number of methoxy groups -OCH3 is 1. The van der Waals surface area contributed by atoms with Crippen LogP contribution in [0.4, 0.5) is 5.69 Å². The highest BCUT2D eigenvalue weighted by Gasteiger charge is 2.38. The summed E-state index contributed by atoms with van der Waals surface area (Å²) >= 11 is 0. The zero-order valence-corrected chi connectivity index (χ0v) is 14.9. The third-order valence-corrected chi connectivity index (χ3v) is 6.13. The molecule has 1 spiro atoms. The fourth-order valence-corrected chi connectivity index (χ4v) is 4.51. The van der Waals surface area contributed by atoms with E-state index in [1.165, 1.54) is 36.9 Å². The number of nitrogens with zero attached hydrogens (tertiary/aromatic N) is 1. The monoisotopic (exact) mass is 331 g/mol. The number of anilines is 1. The van der Waals surface area contributed by atoms with Gasteiger partial charge in [-0.25, -0.2) is 0 Å². The Morgan fingerprint density at radius 3 is 2.50 bits per heavy atom. The summed E-state index contributed by atoms with van der Waals surface area (Å²) in [6, 6.07) is 6.38. The molecule has 0 aromatic heterocycles. The van der Waals surface area contributed by atoms with Crippen LogP contribution in [0.25, 0.3) is 0 Å². The number of carbonyl (C=O) groups is 1. The second kappa shape index (κ2) is 7.04. The molecular formula is C20H29NO3. The van der Waals surface area contributed by atoms with E-state index in [1.54, 1.807) is 7.11 Å². The van der Waals surface area contributed by atoms with E-state index in [-0.39, 0.29) is 0 Å². The van der Waals surface area contributed by atoms with Crippen molar-refractivity contribution in [2.75, 3.05) is 25.1 Å². The molecular weight excluding hydrogens is 302 g/mol. The lowest BCUT2D eigenvalue weighted by Gasteiger charge is -2.46. The number of carboxylic acid groups (broad SMARTS) is 1. The number of piperidine rings is 1. The van der Waals surface area contributed by atoms with Gasteiger partial charge in [-0.1, -0.05) is 6.07 Å². The molecule has 4 nitrogen and oxygen atoms in total. The SMILES string of the molecule is COc1ccc(C)cc1N1CCC2(CCC(CC(=O)O)CC2)CC1. The van der Waals surface area contributed by atoms with E-state index in [0.29, 0.717) is 17.8 Å². The van der Waals surface area contributed by atoms with Gasteiger partial charge in [-0.3, -0.25) is 4.79 Å². The zero-order valence-electron chi connectivity index (χ0n) is 14.9. The van der Waals surface area contributed by atoms with Gasteiger partial charge in [0.2, 0.25) is 0 Å². The number of hydrogen-bond donors (Lipinski definition) is 1. The van der Waals surface area contributed by atoms with Crippen LogP contribution >= 0.6 is 0 Å². The van der Waals surface area contributed by atoms with Crippen LogP contribution in [0.1, 0.15) is 50.5 Å². The third kappa shape index (κ3) is 3.68. The quantitative estimate of drug-likeness (QED) is 0.896. The molecule has 0 unspecified atom stereocenters. The molecule has 1 aliphatic carbocycles. The fraction of sp³-hybridized carbons (Fsp3) is 0.650. The van der Waals surface area contributed by atoms with E-state index in [2.05, 4.69) is 30.0 Å². The topological polar surface area (TPSA) is 49.8 Å². The predicted molar refractivity (Wildman–Crippen MR) is 95.8 cm³/mol. The average Bonchev–Trinajstić information content (AvgIpc) is 2.57. The highest BCUT2D eigenvalue weighted by atomic mass is 16.5. The molecule has 4 heteroatoms. The Hall–Kier alpha value is -1.71. The minimum Gasteiger partial charge on any atom is -0.495 e. The summed E-state index contributed by atoms with van der Waals surface area (Å²) < 4.78 is 5.54. The molecule has 1 heterocycles. The summed E-state index contributed by atoms with van der Waals surface area (Å²) in [5.41, 5.74) is 2.93. The molecule has 1 saturated carbocycles. The Morgan fingerprint density at radius 2 is 1.92 bits per heavy atom. The Labute approximate surface area is 144 Å². The van der Waals surface area contributed by atoms with Crippen molar-refractivity contribution in [3.8, 4) is 5.75 Å². The molecule has 1 N–H and O–H groups in total. The van der Waals surface area contributed by atoms with Crippen LogP contribution in [0.2, 0.25) is 0 Å². The number of carboxylic acids is 1. The first-order chi connectivity index (χ1) is 11.5. The molecule has 0 atom stereocenters. The average molecular weight is 331 g/mol. The Bertz CT molecular complexity index is 581. The van der Waals surface area contributed by atoms with Crippen LogP contribution in [-0.4, -0.2) is 31.3 Å². The van der Waals surface area contributed by atoms with Gasteiger partial charge in [0.1, 0.15) is 5.75 Å². The van der Waals surface area contributed by atoms with Gasteiger partial charge in [-0.05, 0) is 74.5 Å². The van der Waals surface area contributed by atoms with Gasteiger partial charge in [-0.2, -0.15) is 0 Å². The van der Waals surface area contributed by atoms with Crippen molar-refractivity contribution >= 4 is 11.7 Å². The third-order valence-electron chi connectivity index (χ3n) is 6.13. The van der Waals surface area contributed by atoms with Crippen molar-refractivity contribution in [1.29, 1.82) is 0 Å². The zero-order chi connectivity index (χ0) is 17.2. The lowest BCUT2D eigenvalue weighted by atomic mass is 9.65. The van der Waals surface area contributed by atoms with E-state index in [9.17, 15) is 4.79 Å². The van der Waals surface area contributed by atoms with Gasteiger partial charge in [-0.15, -0.1) is 0 Å². The van der Waals surface area contributed by atoms with Crippen molar-refractivity contribution < 1.29 is 14.6 Å². The first-order valence-corrected chi connectivity index (χ1v) is 9.13. The summed E-state index contributed by atoms with van der Waals surface area (Å²) in [7, 11) is 1.74. The molecule has 1 aromatic carbocycles. The van der Waals surface area contributed by atoms with Crippen LogP contribution in [-0.2, 0) is 4.79 Å². The second-order valence-corrected chi connectivity index (χ2v) is 7.70. The van der Waals surface area contributed by atoms with Gasteiger partial charge in [0, 0.05) is 19.5 Å². The van der Waals surface area contributed by atoms with Crippen LogP contribution in [0, 0.1) is 18.3 Å². The smallest absolute Gasteiger partial charge is 0.303 e. The number of ether oxygens (including phenoxy) is 1. The molecule has 1 aliphatic heterocycles. The van der Waals surface area contributed by atoms with Crippen LogP contribution in [0.15, 0.2) is 18.2 Å². The largest absolute Gasteiger partial charge is 0.495 e. The Morgan fingerprint density at radius 1 is 1.25 bits per heavy atom. The minimum absolute atomic E-state index is 0.350. The summed E-state index contributed by atoms with van der Waals surface area (Å²) in [5, 5.41) is 8.98. The molecule has 2 fully saturated rings. The molecule has 132 valence electrons. The van der Waals surface area contributed by atoms with E-state index in [4.69, 9.17) is 9.84 Å². The lowest BCUT2D eigenvalue weighted by molar-refractivity contribution is -0.138. The number of aliphatic carboxylic acids is 1. The summed E-state index contributed by atoms with van der Waals surface area (Å²) in [6.07, 6.45) is 7.34. The highest BCUT2D eigenvalue weighted by molar-refractivity contribution is 5.67. The van der Waals surface area contributed by atoms with Crippen molar-refractivity contribution in [3.05, 3.63) is 23.8 Å². The molecule has 0 amide bonds. The Balaban J connectivity index is 1.60. The van der Waals surface area contributed by atoms with Crippen LogP contribution in [0.3, 0.4) is 0 Å². The van der Waals surface area contributed by atoms with Crippen molar-refractivity contribution in [2.45, 2.75) is 51.9 Å². The second-order valence-electron chi connectivity index (χ2n) is 7.70. The molecule has 0 bridgehead atoms. The van der Waals surface area contributed by atoms with Gasteiger partial charge >= 0.3 is 5.97 Å². The van der Waals surface area contributed by atoms with Gasteiger partial charge in [0.05, 0.1) is 12.8 Å². The summed E-state index contributed by atoms with van der Waals surface area (Å²) in [6.45, 7) is 4.27. The van der Waals surface area contributed by atoms with Crippen molar-refractivity contribution in [3.63, 3.8) is 0 Å². The van der Waals surface area contributed by atoms with Gasteiger partial charge in [0.25, 0.3) is 0 Å². The number of rotatable bonds is 4. The maximum Gasteiger partial charge on any atom is 0.303 e. The lowest BCUT2D eigenvalue weighted by Crippen LogP contribution is -2.42. The predicted octanol–water partition coefficient (Wildman–Crippen LogP) is 4.26. The van der Waals surface area contributed by atoms with Crippen LogP contribution < -0.4 is 9.64 Å². The normalized spacial score (nSPS) is 21.0. The van der Waals surface area contributed by atoms with Crippen molar-refractivity contribution in [2.24, 2.45) is 11.3 Å². The van der Waals surface area contributed by atoms with Gasteiger partial charge in [0.15, 0.2) is 0 Å². The van der Waals surface area contributed by atoms with E-state index < -0.39 is 5.97 Å². The number of hydrogen-bond acceptors (Lipinski definition) is 3. The highest BCUT2D eigenvalue weighted by Crippen LogP contribution is 2.48. The first-order valence-electron chi connectivity index (χ1n) is 9.13. The maximum atomic E-state index is 10.9. The summed E-state index contributed by atoms with van der Waals surface area (Å²) in [5.74, 6) is 0.710. The molecule has 24 heavy (non-hydrogen) atoms. The van der Waals surface area contributed by atoms with E-state index >= 15 is 0 Å². The standard InChI is InChI=1S/C20H29NO3/c1-15-3-4-18(24-2)17(13-15)21-11-9-20(10-12-21)7-5-16(6-8-20)14-19(22)23/h3-4,13,16H,5-12,14H2,1-2H3,(H,22,23). The fourth-order valence-electron chi connectivity index (χ4n) is 4.51. The van der Waals surface area contributed by atoms with E-state index in [1.807, 2.05) is 0 Å². The van der Waals surface area contributed by atoms with E-state index in [0.717, 1.165) is 31.7 Å². The molecule has 1 saturated heterocycles.